The number of aromatic nitrogens is 3. The number of hydrogen-bond donors (Lipinski definition) is 2. The molecule has 0 aliphatic carbocycles. The molecular weight excluding hydrogens is 489 g/mol. The predicted molar refractivity (Wildman–Crippen MR) is 128 cm³/mol. The van der Waals surface area contributed by atoms with Crippen molar-refractivity contribution in [1.29, 1.82) is 0 Å². The van der Waals surface area contributed by atoms with E-state index in [-0.39, 0.29) is 18.6 Å². The Morgan fingerprint density at radius 2 is 1.81 bits per heavy atom. The average molecular weight is 517 g/mol. The monoisotopic (exact) mass is 516 g/mol. The number of amides is 2. The number of carbonyl (C=O) groups is 2. The van der Waals surface area contributed by atoms with Crippen molar-refractivity contribution in [1.82, 2.24) is 30.5 Å². The molecule has 37 heavy (non-hydrogen) atoms. The van der Waals surface area contributed by atoms with Gasteiger partial charge in [0.25, 0.3) is 5.91 Å². The van der Waals surface area contributed by atoms with Crippen LogP contribution in [0.15, 0.2) is 42.5 Å². The first kappa shape index (κ1) is 25.0. The third-order valence-corrected chi connectivity index (χ3v) is 7.03. The highest BCUT2D eigenvalue weighted by Crippen LogP contribution is 2.29. The van der Waals surface area contributed by atoms with Gasteiger partial charge in [-0.1, -0.05) is 17.3 Å². The van der Waals surface area contributed by atoms with Gasteiger partial charge >= 0.3 is 12.3 Å². The number of alkyl halides is 3. The van der Waals surface area contributed by atoms with Crippen LogP contribution in [0, 0.1) is 0 Å². The largest absolute Gasteiger partial charge is 0.445 e. The van der Waals surface area contributed by atoms with Crippen LogP contribution in [0.4, 0.5) is 18.0 Å². The van der Waals surface area contributed by atoms with Crippen molar-refractivity contribution in [3.63, 3.8) is 0 Å². The summed E-state index contributed by atoms with van der Waals surface area (Å²) in [5.74, 6) is -0.137. The van der Waals surface area contributed by atoms with Crippen molar-refractivity contribution >= 4 is 23.0 Å². The maximum absolute atomic E-state index is 12.7. The molecule has 12 heteroatoms. The van der Waals surface area contributed by atoms with E-state index in [2.05, 4.69) is 25.6 Å². The quantitative estimate of drug-likeness (QED) is 0.538. The standard InChI is InChI=1S/C25H27F3N6O3/c26-25(27,28)18-4-1-16(2-5-18)15-37-24(36)33-11-8-20(9-12-33)34-10-7-19(14-34)29-23(35)17-3-6-21-22(13-17)31-32-30-21/h1-6,13,19-20H,7-12,14-15H2,(H,29,35)(H,30,31,32). The molecule has 0 spiro atoms. The summed E-state index contributed by atoms with van der Waals surface area (Å²) in [6.45, 7) is 2.63. The molecule has 2 fully saturated rings. The minimum absolute atomic E-state index is 0.0484. The molecule has 0 bridgehead atoms. The number of halogens is 3. The van der Waals surface area contributed by atoms with Crippen molar-refractivity contribution in [3.05, 3.63) is 59.2 Å². The summed E-state index contributed by atoms with van der Waals surface area (Å²) in [7, 11) is 0. The van der Waals surface area contributed by atoms with Gasteiger partial charge in [-0.25, -0.2) is 4.79 Å². The van der Waals surface area contributed by atoms with Gasteiger partial charge in [0.15, 0.2) is 0 Å². The third kappa shape index (κ3) is 5.85. The van der Waals surface area contributed by atoms with E-state index in [1.807, 2.05) is 0 Å². The Balaban J connectivity index is 1.05. The van der Waals surface area contributed by atoms with E-state index < -0.39 is 17.8 Å². The highest BCUT2D eigenvalue weighted by Gasteiger charge is 2.33. The van der Waals surface area contributed by atoms with Crippen molar-refractivity contribution in [2.75, 3.05) is 26.2 Å². The zero-order valence-corrected chi connectivity index (χ0v) is 20.0. The number of carbonyl (C=O) groups excluding carboxylic acids is 2. The zero-order chi connectivity index (χ0) is 26.0. The fourth-order valence-corrected chi connectivity index (χ4v) is 4.93. The second-order valence-electron chi connectivity index (χ2n) is 9.47. The van der Waals surface area contributed by atoms with Crippen molar-refractivity contribution < 1.29 is 27.5 Å². The van der Waals surface area contributed by atoms with Gasteiger partial charge in [-0.15, -0.1) is 5.10 Å². The first-order valence-electron chi connectivity index (χ1n) is 12.2. The van der Waals surface area contributed by atoms with E-state index in [4.69, 9.17) is 4.74 Å². The minimum Gasteiger partial charge on any atom is -0.445 e. The van der Waals surface area contributed by atoms with E-state index in [0.717, 1.165) is 50.0 Å². The molecule has 1 unspecified atom stereocenters. The van der Waals surface area contributed by atoms with E-state index in [1.54, 1.807) is 23.1 Å². The Bertz CT molecular complexity index is 1250. The number of piperidine rings is 1. The van der Waals surface area contributed by atoms with E-state index in [0.29, 0.717) is 35.8 Å². The number of H-pyrrole nitrogens is 1. The number of nitrogens with zero attached hydrogens (tertiary/aromatic N) is 4. The Hall–Kier alpha value is -3.67. The predicted octanol–water partition coefficient (Wildman–Crippen LogP) is 3.58. The van der Waals surface area contributed by atoms with Gasteiger partial charge in [0.1, 0.15) is 12.1 Å². The zero-order valence-electron chi connectivity index (χ0n) is 20.0. The topological polar surface area (TPSA) is 103 Å². The summed E-state index contributed by atoms with van der Waals surface area (Å²) in [4.78, 5) is 29.1. The minimum atomic E-state index is -4.40. The summed E-state index contributed by atoms with van der Waals surface area (Å²) in [5, 5.41) is 13.6. The number of hydrogen-bond acceptors (Lipinski definition) is 6. The van der Waals surface area contributed by atoms with E-state index in [1.165, 1.54) is 12.1 Å². The fraction of sp³-hybridized carbons (Fsp3) is 0.440. The summed E-state index contributed by atoms with van der Waals surface area (Å²) < 4.78 is 43.4. The van der Waals surface area contributed by atoms with Crippen molar-refractivity contribution in [3.8, 4) is 0 Å². The highest BCUT2D eigenvalue weighted by molar-refractivity contribution is 5.97. The molecule has 2 saturated heterocycles. The SMILES string of the molecule is O=C(NC1CCN(C2CCN(C(=O)OCc3ccc(C(F)(F)F)cc3)CC2)C1)c1ccc2[nH]nnc2c1. The first-order chi connectivity index (χ1) is 17.8. The molecule has 0 saturated carbocycles. The molecule has 9 nitrogen and oxygen atoms in total. The molecule has 3 heterocycles. The van der Waals surface area contributed by atoms with Crippen LogP contribution in [0.5, 0.6) is 0 Å². The van der Waals surface area contributed by atoms with E-state index in [9.17, 15) is 22.8 Å². The van der Waals surface area contributed by atoms with Crippen LogP contribution < -0.4 is 5.32 Å². The van der Waals surface area contributed by atoms with Gasteiger partial charge in [-0.3, -0.25) is 14.8 Å². The van der Waals surface area contributed by atoms with E-state index >= 15 is 0 Å². The summed E-state index contributed by atoms with van der Waals surface area (Å²) in [6, 6.07) is 10.2. The molecule has 2 N–H and O–H groups in total. The molecular formula is C25H27F3N6O3. The number of rotatable bonds is 5. The summed E-state index contributed by atoms with van der Waals surface area (Å²) in [5.41, 5.74) is 1.73. The molecule has 2 amide bonds. The molecule has 196 valence electrons. The third-order valence-electron chi connectivity index (χ3n) is 7.03. The second kappa shape index (κ2) is 10.4. The van der Waals surface area contributed by atoms with Crippen LogP contribution in [0.25, 0.3) is 11.0 Å². The van der Waals surface area contributed by atoms with Gasteiger partial charge in [0, 0.05) is 43.8 Å². The molecule has 2 aliphatic heterocycles. The maximum atomic E-state index is 12.7. The van der Waals surface area contributed by atoms with Crippen molar-refractivity contribution in [2.24, 2.45) is 0 Å². The molecule has 3 aromatic rings. The summed E-state index contributed by atoms with van der Waals surface area (Å²) >= 11 is 0. The number of likely N-dealkylation sites (tertiary alicyclic amines) is 2. The molecule has 2 aliphatic rings. The lowest BCUT2D eigenvalue weighted by Gasteiger charge is -2.36. The van der Waals surface area contributed by atoms with Crippen LogP contribution in [0.1, 0.15) is 40.7 Å². The lowest BCUT2D eigenvalue weighted by molar-refractivity contribution is -0.137. The average Bonchev–Trinajstić information content (AvgIpc) is 3.56. The smallest absolute Gasteiger partial charge is 0.416 e. The number of benzene rings is 2. The van der Waals surface area contributed by atoms with Crippen LogP contribution >= 0.6 is 0 Å². The van der Waals surface area contributed by atoms with Gasteiger partial charge in [-0.05, 0) is 55.2 Å². The normalized spacial score (nSPS) is 19.3. The molecule has 0 radical (unpaired) electrons. The fourth-order valence-electron chi connectivity index (χ4n) is 4.93. The lowest BCUT2D eigenvalue weighted by atomic mass is 10.0. The molecule has 1 aromatic heterocycles. The molecule has 1 atom stereocenters. The van der Waals surface area contributed by atoms with Crippen molar-refractivity contribution in [2.45, 2.75) is 44.1 Å². The van der Waals surface area contributed by atoms with Crippen LogP contribution in [-0.4, -0.2) is 75.5 Å². The Morgan fingerprint density at radius 3 is 2.54 bits per heavy atom. The Labute approximate surface area is 210 Å². The Kier molecular flexibility index (Phi) is 7.00. The van der Waals surface area contributed by atoms with Crippen LogP contribution in [0.3, 0.4) is 0 Å². The highest BCUT2D eigenvalue weighted by atomic mass is 19.4. The summed E-state index contributed by atoms with van der Waals surface area (Å²) in [6.07, 6.45) is -2.42. The maximum Gasteiger partial charge on any atom is 0.416 e. The number of ether oxygens (including phenoxy) is 1. The van der Waals surface area contributed by atoms with Gasteiger partial charge < -0.3 is 15.0 Å². The van der Waals surface area contributed by atoms with Gasteiger partial charge in [0.2, 0.25) is 0 Å². The van der Waals surface area contributed by atoms with Gasteiger partial charge in [-0.2, -0.15) is 13.2 Å². The first-order valence-corrected chi connectivity index (χ1v) is 12.2. The second-order valence-corrected chi connectivity index (χ2v) is 9.47. The number of fused-ring (bicyclic) bond motifs is 1. The Morgan fingerprint density at radius 1 is 1.05 bits per heavy atom. The molecule has 2 aromatic carbocycles. The van der Waals surface area contributed by atoms with Gasteiger partial charge in [0.05, 0.1) is 11.1 Å². The van der Waals surface area contributed by atoms with Crippen LogP contribution in [-0.2, 0) is 17.5 Å². The molecule has 5 rings (SSSR count). The number of aromatic amines is 1. The number of nitrogens with one attached hydrogen (secondary N) is 2. The lowest BCUT2D eigenvalue weighted by Crippen LogP contribution is -2.47. The van der Waals surface area contributed by atoms with Crippen LogP contribution in [0.2, 0.25) is 0 Å².